The number of hydrogen-bond donors (Lipinski definition) is 2. The number of carbonyl (C=O) groups excluding carboxylic acids is 1. The van der Waals surface area contributed by atoms with Crippen LogP contribution in [0.25, 0.3) is 0 Å². The Morgan fingerprint density at radius 2 is 1.84 bits per heavy atom. The van der Waals surface area contributed by atoms with Crippen LogP contribution in [-0.4, -0.2) is 5.91 Å². The van der Waals surface area contributed by atoms with Crippen LogP contribution in [0.3, 0.4) is 0 Å². The predicted molar refractivity (Wildman–Crippen MR) is 80.0 cm³/mol. The molecule has 2 aromatic rings. The summed E-state index contributed by atoms with van der Waals surface area (Å²) in [6.07, 6.45) is 0. The fraction of sp³-hybridized carbons (Fsp3) is 0.0714. The Morgan fingerprint density at radius 3 is 2.47 bits per heavy atom. The van der Waals surface area contributed by atoms with Crippen molar-refractivity contribution in [1.82, 2.24) is 0 Å². The van der Waals surface area contributed by atoms with E-state index in [0.717, 1.165) is 5.56 Å². The Bertz CT molecular complexity index is 641. The van der Waals surface area contributed by atoms with E-state index in [0.29, 0.717) is 27.0 Å². The molecule has 0 unspecified atom stereocenters. The van der Waals surface area contributed by atoms with E-state index >= 15 is 0 Å². The Morgan fingerprint density at radius 1 is 1.11 bits per heavy atom. The SMILES string of the molecule is Cc1cc(C(=O)Nc2ccc(Cl)c(Cl)c2)ccc1N. The molecule has 0 heterocycles. The minimum atomic E-state index is -0.221. The molecule has 0 atom stereocenters. The van der Waals surface area contributed by atoms with Crippen LogP contribution in [0.2, 0.25) is 10.0 Å². The van der Waals surface area contributed by atoms with Crippen molar-refractivity contribution in [2.24, 2.45) is 0 Å². The average molecular weight is 295 g/mol. The molecule has 0 spiro atoms. The molecule has 3 nitrogen and oxygen atoms in total. The molecule has 5 heteroatoms. The molecule has 0 saturated carbocycles. The summed E-state index contributed by atoms with van der Waals surface area (Å²) in [6, 6.07) is 10.0. The summed E-state index contributed by atoms with van der Waals surface area (Å²) in [5.41, 5.74) is 8.37. The van der Waals surface area contributed by atoms with Crippen molar-refractivity contribution in [2.75, 3.05) is 11.1 Å². The van der Waals surface area contributed by atoms with E-state index < -0.39 is 0 Å². The Hall–Kier alpha value is -1.71. The molecule has 0 aromatic heterocycles. The van der Waals surface area contributed by atoms with Gasteiger partial charge in [0.15, 0.2) is 0 Å². The molecular weight excluding hydrogens is 283 g/mol. The van der Waals surface area contributed by atoms with Crippen molar-refractivity contribution >= 4 is 40.5 Å². The lowest BCUT2D eigenvalue weighted by Gasteiger charge is -2.08. The van der Waals surface area contributed by atoms with E-state index in [1.165, 1.54) is 0 Å². The van der Waals surface area contributed by atoms with Gasteiger partial charge in [0.25, 0.3) is 5.91 Å². The molecule has 1 amide bonds. The van der Waals surface area contributed by atoms with Crippen molar-refractivity contribution in [3.05, 3.63) is 57.6 Å². The molecule has 0 saturated heterocycles. The van der Waals surface area contributed by atoms with Gasteiger partial charge in [-0.1, -0.05) is 23.2 Å². The summed E-state index contributed by atoms with van der Waals surface area (Å²) in [6.45, 7) is 1.85. The zero-order chi connectivity index (χ0) is 14.0. The maximum atomic E-state index is 12.0. The first-order valence-corrected chi connectivity index (χ1v) is 6.35. The maximum absolute atomic E-state index is 12.0. The summed E-state index contributed by atoms with van der Waals surface area (Å²) < 4.78 is 0. The third-order valence-corrected chi connectivity index (χ3v) is 3.45. The molecule has 3 N–H and O–H groups in total. The molecule has 0 bridgehead atoms. The van der Waals surface area contributed by atoms with Gasteiger partial charge in [-0.05, 0) is 48.9 Å². The molecule has 98 valence electrons. The number of halogens is 2. The molecular formula is C14H12Cl2N2O. The van der Waals surface area contributed by atoms with Crippen LogP contribution in [0.15, 0.2) is 36.4 Å². The zero-order valence-electron chi connectivity index (χ0n) is 10.2. The number of nitrogen functional groups attached to an aromatic ring is 1. The van der Waals surface area contributed by atoms with Crippen LogP contribution >= 0.6 is 23.2 Å². The lowest BCUT2D eigenvalue weighted by Crippen LogP contribution is -2.12. The fourth-order valence-corrected chi connectivity index (χ4v) is 1.89. The largest absolute Gasteiger partial charge is 0.399 e. The van der Waals surface area contributed by atoms with Crippen LogP contribution in [0.1, 0.15) is 15.9 Å². The molecule has 2 rings (SSSR count). The number of nitrogens with two attached hydrogens (primary N) is 1. The minimum Gasteiger partial charge on any atom is -0.399 e. The number of carbonyl (C=O) groups is 1. The number of nitrogens with one attached hydrogen (secondary N) is 1. The number of benzene rings is 2. The second-order valence-electron chi connectivity index (χ2n) is 4.15. The van der Waals surface area contributed by atoms with Gasteiger partial charge in [-0.25, -0.2) is 0 Å². The van der Waals surface area contributed by atoms with Gasteiger partial charge in [-0.3, -0.25) is 4.79 Å². The van der Waals surface area contributed by atoms with E-state index in [4.69, 9.17) is 28.9 Å². The van der Waals surface area contributed by atoms with Gasteiger partial charge in [0, 0.05) is 16.9 Å². The maximum Gasteiger partial charge on any atom is 0.255 e. The van der Waals surface area contributed by atoms with Gasteiger partial charge in [0.2, 0.25) is 0 Å². The lowest BCUT2D eigenvalue weighted by atomic mass is 10.1. The monoisotopic (exact) mass is 294 g/mol. The smallest absolute Gasteiger partial charge is 0.255 e. The average Bonchev–Trinajstić information content (AvgIpc) is 2.37. The van der Waals surface area contributed by atoms with Crippen LogP contribution < -0.4 is 11.1 Å². The molecule has 19 heavy (non-hydrogen) atoms. The number of aryl methyl sites for hydroxylation is 1. The third-order valence-electron chi connectivity index (χ3n) is 2.71. The van der Waals surface area contributed by atoms with Crippen LogP contribution in [-0.2, 0) is 0 Å². The highest BCUT2D eigenvalue weighted by atomic mass is 35.5. The van der Waals surface area contributed by atoms with Crippen molar-refractivity contribution in [3.8, 4) is 0 Å². The van der Waals surface area contributed by atoms with Crippen molar-refractivity contribution in [2.45, 2.75) is 6.92 Å². The lowest BCUT2D eigenvalue weighted by molar-refractivity contribution is 0.102. The number of rotatable bonds is 2. The van der Waals surface area contributed by atoms with Crippen molar-refractivity contribution in [1.29, 1.82) is 0 Å². The second-order valence-corrected chi connectivity index (χ2v) is 4.97. The number of hydrogen-bond acceptors (Lipinski definition) is 2. The Balaban J connectivity index is 2.20. The predicted octanol–water partition coefficient (Wildman–Crippen LogP) is 4.14. The summed E-state index contributed by atoms with van der Waals surface area (Å²) in [5.74, 6) is -0.221. The van der Waals surface area contributed by atoms with E-state index in [9.17, 15) is 4.79 Å². The topological polar surface area (TPSA) is 55.1 Å². The zero-order valence-corrected chi connectivity index (χ0v) is 11.7. The Kier molecular flexibility index (Phi) is 3.98. The highest BCUT2D eigenvalue weighted by Gasteiger charge is 2.08. The number of amides is 1. The summed E-state index contributed by atoms with van der Waals surface area (Å²) in [4.78, 5) is 12.0. The highest BCUT2D eigenvalue weighted by Crippen LogP contribution is 2.25. The normalized spacial score (nSPS) is 10.3. The van der Waals surface area contributed by atoms with Gasteiger partial charge < -0.3 is 11.1 Å². The molecule has 0 aliphatic carbocycles. The first kappa shape index (κ1) is 13.7. The quantitative estimate of drug-likeness (QED) is 0.818. The fourth-order valence-electron chi connectivity index (χ4n) is 1.59. The van der Waals surface area contributed by atoms with Gasteiger partial charge in [0.1, 0.15) is 0 Å². The molecule has 0 fully saturated rings. The molecule has 2 aromatic carbocycles. The summed E-state index contributed by atoms with van der Waals surface area (Å²) >= 11 is 11.7. The first-order valence-electron chi connectivity index (χ1n) is 5.60. The van der Waals surface area contributed by atoms with E-state index in [-0.39, 0.29) is 5.91 Å². The minimum absolute atomic E-state index is 0.221. The Labute approximate surface area is 121 Å². The van der Waals surface area contributed by atoms with Gasteiger partial charge >= 0.3 is 0 Å². The van der Waals surface area contributed by atoms with Crippen molar-refractivity contribution < 1.29 is 4.79 Å². The van der Waals surface area contributed by atoms with Crippen LogP contribution in [0.5, 0.6) is 0 Å². The van der Waals surface area contributed by atoms with Crippen LogP contribution in [0.4, 0.5) is 11.4 Å². The highest BCUT2D eigenvalue weighted by molar-refractivity contribution is 6.42. The van der Waals surface area contributed by atoms with Gasteiger partial charge in [0.05, 0.1) is 10.0 Å². The van der Waals surface area contributed by atoms with Crippen LogP contribution in [0, 0.1) is 6.92 Å². The summed E-state index contributed by atoms with van der Waals surface area (Å²) in [5, 5.41) is 3.59. The second kappa shape index (κ2) is 5.51. The van der Waals surface area contributed by atoms with Gasteiger partial charge in [-0.2, -0.15) is 0 Å². The standard InChI is InChI=1S/C14H12Cl2N2O/c1-8-6-9(2-5-13(8)17)14(19)18-10-3-4-11(15)12(16)7-10/h2-7H,17H2,1H3,(H,18,19). The molecule has 0 radical (unpaired) electrons. The molecule has 0 aliphatic heterocycles. The van der Waals surface area contributed by atoms with E-state index in [2.05, 4.69) is 5.32 Å². The summed E-state index contributed by atoms with van der Waals surface area (Å²) in [7, 11) is 0. The van der Waals surface area contributed by atoms with Crippen molar-refractivity contribution in [3.63, 3.8) is 0 Å². The number of anilines is 2. The van der Waals surface area contributed by atoms with E-state index in [1.54, 1.807) is 36.4 Å². The van der Waals surface area contributed by atoms with E-state index in [1.807, 2.05) is 6.92 Å². The molecule has 0 aliphatic rings. The van der Waals surface area contributed by atoms with Gasteiger partial charge in [-0.15, -0.1) is 0 Å². The first-order chi connectivity index (χ1) is 8.97. The third kappa shape index (κ3) is 3.19.